The minimum atomic E-state index is 0.0222. The molecule has 37 heavy (non-hydrogen) atoms. The van der Waals surface area contributed by atoms with Crippen molar-refractivity contribution in [3.05, 3.63) is 82.7 Å². The topological polar surface area (TPSA) is 84.8 Å². The van der Waals surface area contributed by atoms with Gasteiger partial charge in [0.15, 0.2) is 5.65 Å². The Morgan fingerprint density at radius 1 is 1.08 bits per heavy atom. The maximum atomic E-state index is 12.7. The number of rotatable bonds is 9. The number of carbonyl (C=O) groups is 1. The minimum Gasteiger partial charge on any atom is -0.478 e. The predicted octanol–water partition coefficient (Wildman–Crippen LogP) is 5.52. The lowest BCUT2D eigenvalue weighted by molar-refractivity contribution is -0.121. The summed E-state index contributed by atoms with van der Waals surface area (Å²) in [4.78, 5) is 20.9. The summed E-state index contributed by atoms with van der Waals surface area (Å²) >= 11 is 0. The fraction of sp³-hybridized carbons (Fsp3) is 0.300. The van der Waals surface area contributed by atoms with Gasteiger partial charge in [-0.2, -0.15) is 10.1 Å². The molecule has 190 valence electrons. The highest BCUT2D eigenvalue weighted by Crippen LogP contribution is 2.32. The number of fused-ring (bicyclic) bond motifs is 2. The van der Waals surface area contributed by atoms with Crippen LogP contribution in [-0.2, 0) is 17.6 Å². The first-order valence-electron chi connectivity index (χ1n) is 12.9. The zero-order valence-corrected chi connectivity index (χ0v) is 21.9. The molecule has 0 spiro atoms. The van der Waals surface area contributed by atoms with Crippen molar-refractivity contribution < 1.29 is 9.53 Å². The molecule has 2 N–H and O–H groups in total. The van der Waals surface area contributed by atoms with Crippen molar-refractivity contribution in [1.29, 1.82) is 0 Å². The molecule has 0 atom stereocenters. The van der Waals surface area contributed by atoms with Gasteiger partial charge >= 0.3 is 0 Å². The number of nitrogens with one attached hydrogen (secondary N) is 2. The summed E-state index contributed by atoms with van der Waals surface area (Å²) in [7, 11) is 0. The molecule has 3 aromatic heterocycles. The summed E-state index contributed by atoms with van der Waals surface area (Å²) in [6, 6.07) is 16.4. The first kappa shape index (κ1) is 24.6. The van der Waals surface area contributed by atoms with E-state index in [1.807, 2.05) is 49.0 Å². The van der Waals surface area contributed by atoms with E-state index in [0.29, 0.717) is 31.9 Å². The molecule has 0 saturated carbocycles. The summed E-state index contributed by atoms with van der Waals surface area (Å²) in [5.41, 5.74) is 8.17. The molecule has 0 aliphatic carbocycles. The van der Waals surface area contributed by atoms with Crippen LogP contribution in [0.2, 0.25) is 0 Å². The van der Waals surface area contributed by atoms with Crippen LogP contribution in [0.15, 0.2) is 54.7 Å². The number of benzene rings is 2. The summed E-state index contributed by atoms with van der Waals surface area (Å²) < 4.78 is 7.85. The standard InChI is InChI=1S/C30H33N5O2/c1-5-37-30-24(13-14-27(36)31-16-15-22-18-32-26-12-7-6-11-25(22)26)20(3)28-21(4)34-35(29(28)33-30)23-10-8-9-19(2)17-23/h6-12,17-18,32H,5,13-16H2,1-4H3,(H,31,36). The van der Waals surface area contributed by atoms with Crippen molar-refractivity contribution in [3.63, 3.8) is 0 Å². The summed E-state index contributed by atoms with van der Waals surface area (Å²) in [5, 5.41) is 10.1. The van der Waals surface area contributed by atoms with Crippen LogP contribution in [0.5, 0.6) is 5.88 Å². The second-order valence-electron chi connectivity index (χ2n) is 9.45. The Morgan fingerprint density at radius 3 is 2.73 bits per heavy atom. The van der Waals surface area contributed by atoms with E-state index >= 15 is 0 Å². The van der Waals surface area contributed by atoms with Gasteiger partial charge in [-0.1, -0.05) is 30.3 Å². The normalized spacial score (nSPS) is 11.4. The molecule has 5 aromatic rings. The Morgan fingerprint density at radius 2 is 1.92 bits per heavy atom. The second kappa shape index (κ2) is 10.5. The molecule has 0 unspecified atom stereocenters. The molecule has 0 aliphatic heterocycles. The van der Waals surface area contributed by atoms with Crippen molar-refractivity contribution in [3.8, 4) is 11.6 Å². The van der Waals surface area contributed by atoms with Crippen LogP contribution in [0.25, 0.3) is 27.6 Å². The molecule has 2 aromatic carbocycles. The van der Waals surface area contributed by atoms with E-state index in [1.165, 1.54) is 10.9 Å². The number of H-pyrrole nitrogens is 1. The third-order valence-corrected chi connectivity index (χ3v) is 6.85. The van der Waals surface area contributed by atoms with Gasteiger partial charge in [-0.15, -0.1) is 0 Å². The molecule has 7 heteroatoms. The van der Waals surface area contributed by atoms with Gasteiger partial charge < -0.3 is 15.0 Å². The molecule has 0 aliphatic rings. The highest BCUT2D eigenvalue weighted by Gasteiger charge is 2.20. The van der Waals surface area contributed by atoms with Gasteiger partial charge in [-0.3, -0.25) is 4.79 Å². The Hall–Kier alpha value is -4.13. The third-order valence-electron chi connectivity index (χ3n) is 6.85. The van der Waals surface area contributed by atoms with Gasteiger partial charge in [0.05, 0.1) is 18.0 Å². The average Bonchev–Trinajstić information content (AvgIpc) is 3.45. The monoisotopic (exact) mass is 495 g/mol. The van der Waals surface area contributed by atoms with E-state index in [-0.39, 0.29) is 5.91 Å². The van der Waals surface area contributed by atoms with Crippen molar-refractivity contribution in [2.45, 2.75) is 47.0 Å². The number of pyridine rings is 1. The van der Waals surface area contributed by atoms with Gasteiger partial charge in [0.2, 0.25) is 11.8 Å². The van der Waals surface area contributed by atoms with E-state index < -0.39 is 0 Å². The Bertz CT molecular complexity index is 1580. The van der Waals surface area contributed by atoms with Crippen molar-refractivity contribution >= 4 is 27.8 Å². The number of amides is 1. The van der Waals surface area contributed by atoms with Crippen molar-refractivity contribution in [2.75, 3.05) is 13.2 Å². The summed E-state index contributed by atoms with van der Waals surface area (Å²) in [6.45, 7) is 9.19. The maximum absolute atomic E-state index is 12.7. The number of hydrogen-bond donors (Lipinski definition) is 2. The third kappa shape index (κ3) is 4.94. The average molecular weight is 496 g/mol. The fourth-order valence-electron chi connectivity index (χ4n) is 5.02. The lowest BCUT2D eigenvalue weighted by atomic mass is 10.0. The number of aromatic nitrogens is 4. The molecule has 5 rings (SSSR count). The molecule has 7 nitrogen and oxygen atoms in total. The Labute approximate surface area is 216 Å². The zero-order chi connectivity index (χ0) is 25.9. The van der Waals surface area contributed by atoms with E-state index in [2.05, 4.69) is 48.4 Å². The second-order valence-corrected chi connectivity index (χ2v) is 9.45. The number of para-hydroxylation sites is 1. The number of aryl methyl sites for hydroxylation is 3. The first-order valence-corrected chi connectivity index (χ1v) is 12.9. The van der Waals surface area contributed by atoms with Crippen molar-refractivity contribution in [2.24, 2.45) is 0 Å². The number of ether oxygens (including phenoxy) is 1. The van der Waals surface area contributed by atoms with E-state index in [9.17, 15) is 4.79 Å². The number of nitrogens with zero attached hydrogens (tertiary/aromatic N) is 3. The highest BCUT2D eigenvalue weighted by atomic mass is 16.5. The molecular formula is C30H33N5O2. The van der Waals surface area contributed by atoms with Crippen molar-refractivity contribution in [1.82, 2.24) is 25.1 Å². The summed E-state index contributed by atoms with van der Waals surface area (Å²) in [5.74, 6) is 0.599. The largest absolute Gasteiger partial charge is 0.478 e. The van der Waals surface area contributed by atoms with Gasteiger partial charge in [-0.05, 0) is 75.4 Å². The molecule has 0 fully saturated rings. The summed E-state index contributed by atoms with van der Waals surface area (Å²) in [6.07, 6.45) is 3.73. The lowest BCUT2D eigenvalue weighted by Gasteiger charge is -2.14. The zero-order valence-electron chi connectivity index (χ0n) is 21.9. The number of hydrogen-bond acceptors (Lipinski definition) is 4. The Kier molecular flexibility index (Phi) is 6.95. The van der Waals surface area contributed by atoms with Crippen LogP contribution in [-0.4, -0.2) is 38.8 Å². The van der Waals surface area contributed by atoms with Crippen LogP contribution < -0.4 is 10.1 Å². The highest BCUT2D eigenvalue weighted by molar-refractivity contribution is 5.86. The molecule has 0 bridgehead atoms. The molecule has 0 saturated heterocycles. The SMILES string of the molecule is CCOc1nc2c(c(C)nn2-c2cccc(C)c2)c(C)c1CCC(=O)NCCc1c[nH]c2ccccc12. The van der Waals surface area contributed by atoms with E-state index in [4.69, 9.17) is 14.8 Å². The van der Waals surface area contributed by atoms with Crippen LogP contribution in [0.1, 0.15) is 41.3 Å². The van der Waals surface area contributed by atoms with E-state index in [0.717, 1.165) is 51.0 Å². The van der Waals surface area contributed by atoms with Crippen LogP contribution in [0, 0.1) is 20.8 Å². The molecule has 0 radical (unpaired) electrons. The molecule has 1 amide bonds. The van der Waals surface area contributed by atoms with Crippen LogP contribution in [0.3, 0.4) is 0 Å². The van der Waals surface area contributed by atoms with Crippen LogP contribution >= 0.6 is 0 Å². The van der Waals surface area contributed by atoms with E-state index in [1.54, 1.807) is 0 Å². The quantitative estimate of drug-likeness (QED) is 0.282. The van der Waals surface area contributed by atoms with Gasteiger partial charge in [0.1, 0.15) is 0 Å². The maximum Gasteiger partial charge on any atom is 0.220 e. The Balaban J connectivity index is 1.33. The van der Waals surface area contributed by atoms with Crippen LogP contribution in [0.4, 0.5) is 0 Å². The fourth-order valence-corrected chi connectivity index (χ4v) is 5.02. The van der Waals surface area contributed by atoms with Gasteiger partial charge in [0, 0.05) is 41.0 Å². The predicted molar refractivity (Wildman–Crippen MR) is 148 cm³/mol. The number of carbonyl (C=O) groups excluding carboxylic acids is 1. The number of aromatic amines is 1. The molecule has 3 heterocycles. The lowest BCUT2D eigenvalue weighted by Crippen LogP contribution is -2.26. The van der Waals surface area contributed by atoms with Gasteiger partial charge in [0.25, 0.3) is 0 Å². The minimum absolute atomic E-state index is 0.0222. The smallest absolute Gasteiger partial charge is 0.220 e. The van der Waals surface area contributed by atoms with Gasteiger partial charge in [-0.25, -0.2) is 4.68 Å². The first-order chi connectivity index (χ1) is 18.0. The molecular weight excluding hydrogens is 462 g/mol.